The summed E-state index contributed by atoms with van der Waals surface area (Å²) in [6.45, 7) is 10.6. The molecular formula is C24H50N10O3. The topological polar surface area (TPSA) is 219 Å². The van der Waals surface area contributed by atoms with E-state index in [1.165, 1.54) is 0 Å². The zero-order valence-corrected chi connectivity index (χ0v) is 23.0. The van der Waals surface area contributed by atoms with Crippen molar-refractivity contribution in [1.29, 1.82) is 0 Å². The molecule has 0 aliphatic rings. The van der Waals surface area contributed by atoms with E-state index < -0.39 is 0 Å². The van der Waals surface area contributed by atoms with Crippen LogP contribution in [0.25, 0.3) is 0 Å². The third kappa shape index (κ3) is 23.1. The second-order valence-corrected chi connectivity index (χ2v) is 10.1. The largest absolute Gasteiger partial charge is 0.370 e. The summed E-state index contributed by atoms with van der Waals surface area (Å²) in [5.41, 5.74) is 21.3. The molecule has 3 amide bonds. The van der Waals surface area contributed by atoms with Crippen LogP contribution in [0.4, 0.5) is 0 Å². The van der Waals surface area contributed by atoms with E-state index >= 15 is 0 Å². The molecule has 11 N–H and O–H groups in total. The normalized spacial score (nSPS) is 10.9. The molecule has 0 aliphatic heterocycles. The van der Waals surface area contributed by atoms with E-state index in [2.05, 4.69) is 25.9 Å². The second-order valence-electron chi connectivity index (χ2n) is 10.1. The van der Waals surface area contributed by atoms with Crippen LogP contribution in [-0.2, 0) is 14.4 Å². The zero-order valence-electron chi connectivity index (χ0n) is 23.0. The number of nitrogens with two attached hydrogens (primary N) is 4. The first-order valence-electron chi connectivity index (χ1n) is 13.0. The molecule has 13 heteroatoms. The van der Waals surface area contributed by atoms with Crippen LogP contribution in [0.1, 0.15) is 65.7 Å². The Morgan fingerprint density at radius 1 is 0.703 bits per heavy atom. The Kier molecular flexibility index (Phi) is 18.4. The fourth-order valence-corrected chi connectivity index (χ4v) is 3.32. The Morgan fingerprint density at radius 2 is 1.19 bits per heavy atom. The van der Waals surface area contributed by atoms with Crippen molar-refractivity contribution in [3.63, 3.8) is 0 Å². The minimum absolute atomic E-state index is 0.00965. The van der Waals surface area contributed by atoms with Crippen molar-refractivity contribution in [2.45, 2.75) is 65.7 Å². The standard InChI is InChI=1S/C24H50N10O3/c1-24(2,3)18-20(36)31-13-5-11-29-10-4-12-30-19(35)8-9-21(37)34(16-6-14-32-22(25)26)17-7-15-33-23(27)28/h29H,4-18H2,1-3H3,(H,30,35)(H,31,36)(H4,25,26,32)(H4,27,28,33). The minimum Gasteiger partial charge on any atom is -0.370 e. The molecule has 0 atom stereocenters. The summed E-state index contributed by atoms with van der Waals surface area (Å²) in [4.78, 5) is 46.1. The van der Waals surface area contributed by atoms with Gasteiger partial charge in [0.2, 0.25) is 17.7 Å². The van der Waals surface area contributed by atoms with Gasteiger partial charge in [-0.15, -0.1) is 0 Å². The lowest BCUT2D eigenvalue weighted by molar-refractivity contribution is -0.133. The molecule has 0 aromatic heterocycles. The van der Waals surface area contributed by atoms with Gasteiger partial charge in [-0.3, -0.25) is 24.4 Å². The number of amides is 3. The maximum absolute atomic E-state index is 12.7. The van der Waals surface area contributed by atoms with Gasteiger partial charge in [0, 0.05) is 58.5 Å². The predicted molar refractivity (Wildman–Crippen MR) is 149 cm³/mol. The SMILES string of the molecule is CC(C)(C)CC(=O)NCCCNCCCNC(=O)CCC(=O)N(CCCN=C(N)N)CCCN=C(N)N. The van der Waals surface area contributed by atoms with Crippen molar-refractivity contribution in [2.24, 2.45) is 38.3 Å². The molecule has 214 valence electrons. The van der Waals surface area contributed by atoms with Crippen LogP contribution in [0.2, 0.25) is 0 Å². The summed E-state index contributed by atoms with van der Waals surface area (Å²) < 4.78 is 0. The molecule has 0 saturated carbocycles. The fourth-order valence-electron chi connectivity index (χ4n) is 3.32. The number of rotatable bonds is 20. The highest BCUT2D eigenvalue weighted by atomic mass is 16.2. The molecule has 0 rings (SSSR count). The summed E-state index contributed by atoms with van der Waals surface area (Å²) in [6.07, 6.45) is 3.59. The number of guanidine groups is 2. The first kappa shape index (κ1) is 33.9. The van der Waals surface area contributed by atoms with Crippen molar-refractivity contribution >= 4 is 29.6 Å². The molecule has 0 aromatic carbocycles. The van der Waals surface area contributed by atoms with Gasteiger partial charge < -0.3 is 43.8 Å². The van der Waals surface area contributed by atoms with Gasteiger partial charge in [0.15, 0.2) is 11.9 Å². The van der Waals surface area contributed by atoms with Gasteiger partial charge in [0.1, 0.15) is 0 Å². The maximum atomic E-state index is 12.7. The Bertz CT molecular complexity index is 703. The van der Waals surface area contributed by atoms with Crippen LogP contribution >= 0.6 is 0 Å². The molecule has 0 aromatic rings. The lowest BCUT2D eigenvalue weighted by atomic mass is 9.92. The molecule has 0 unspecified atom stereocenters. The quantitative estimate of drug-likeness (QED) is 0.0588. The number of aliphatic imine (C=N–C) groups is 2. The summed E-state index contributed by atoms with van der Waals surface area (Å²) >= 11 is 0. The van der Waals surface area contributed by atoms with Gasteiger partial charge in [-0.05, 0) is 44.2 Å². The summed E-state index contributed by atoms with van der Waals surface area (Å²) in [7, 11) is 0. The second kappa shape index (κ2) is 20.0. The lowest BCUT2D eigenvalue weighted by Crippen LogP contribution is -2.35. The van der Waals surface area contributed by atoms with E-state index in [1.807, 2.05) is 20.8 Å². The highest BCUT2D eigenvalue weighted by molar-refractivity contribution is 5.83. The molecule has 0 fully saturated rings. The van der Waals surface area contributed by atoms with E-state index in [1.54, 1.807) is 4.90 Å². The monoisotopic (exact) mass is 526 g/mol. The Hall–Kier alpha value is -3.09. The summed E-state index contributed by atoms with van der Waals surface area (Å²) in [6, 6.07) is 0. The Labute approximate surface area is 221 Å². The van der Waals surface area contributed by atoms with E-state index in [0.717, 1.165) is 25.9 Å². The van der Waals surface area contributed by atoms with Crippen molar-refractivity contribution < 1.29 is 14.4 Å². The van der Waals surface area contributed by atoms with Crippen molar-refractivity contribution in [1.82, 2.24) is 20.9 Å². The number of carbonyl (C=O) groups is 3. The minimum atomic E-state index is -0.157. The van der Waals surface area contributed by atoms with Crippen molar-refractivity contribution in [2.75, 3.05) is 52.4 Å². The number of hydrogen-bond donors (Lipinski definition) is 7. The third-order valence-corrected chi connectivity index (χ3v) is 5.08. The average molecular weight is 527 g/mol. The van der Waals surface area contributed by atoms with Gasteiger partial charge in [-0.1, -0.05) is 20.8 Å². The van der Waals surface area contributed by atoms with Gasteiger partial charge >= 0.3 is 0 Å². The molecular weight excluding hydrogens is 476 g/mol. The maximum Gasteiger partial charge on any atom is 0.223 e. The number of nitrogens with one attached hydrogen (secondary N) is 3. The fraction of sp³-hybridized carbons (Fsp3) is 0.792. The first-order valence-corrected chi connectivity index (χ1v) is 13.0. The van der Waals surface area contributed by atoms with Crippen LogP contribution in [-0.4, -0.2) is 86.9 Å². The third-order valence-electron chi connectivity index (χ3n) is 5.08. The van der Waals surface area contributed by atoms with Crippen LogP contribution < -0.4 is 38.9 Å². The smallest absolute Gasteiger partial charge is 0.223 e. The lowest BCUT2D eigenvalue weighted by Gasteiger charge is -2.22. The number of nitrogens with zero attached hydrogens (tertiary/aromatic N) is 3. The van der Waals surface area contributed by atoms with Crippen molar-refractivity contribution in [3.8, 4) is 0 Å². The number of carbonyl (C=O) groups excluding carboxylic acids is 3. The van der Waals surface area contributed by atoms with E-state index in [4.69, 9.17) is 22.9 Å². The highest BCUT2D eigenvalue weighted by Gasteiger charge is 2.16. The molecule has 13 nitrogen and oxygen atoms in total. The molecule has 0 aliphatic carbocycles. The van der Waals surface area contributed by atoms with Crippen LogP contribution in [0.3, 0.4) is 0 Å². The molecule has 0 spiro atoms. The molecule has 0 heterocycles. The van der Waals surface area contributed by atoms with Crippen molar-refractivity contribution in [3.05, 3.63) is 0 Å². The molecule has 37 heavy (non-hydrogen) atoms. The van der Waals surface area contributed by atoms with Gasteiger partial charge in [0.25, 0.3) is 0 Å². The average Bonchev–Trinajstić information content (AvgIpc) is 2.78. The summed E-state index contributed by atoms with van der Waals surface area (Å²) in [5.74, 6) is -0.166. The number of hydrogen-bond acceptors (Lipinski definition) is 6. The highest BCUT2D eigenvalue weighted by Crippen LogP contribution is 2.17. The van der Waals surface area contributed by atoms with E-state index in [-0.39, 0.29) is 47.9 Å². The van der Waals surface area contributed by atoms with Gasteiger partial charge in [0.05, 0.1) is 0 Å². The first-order chi connectivity index (χ1) is 17.4. The predicted octanol–water partition coefficient (Wildman–Crippen LogP) is -1.04. The summed E-state index contributed by atoms with van der Waals surface area (Å²) in [5, 5.41) is 9.07. The van der Waals surface area contributed by atoms with Crippen LogP contribution in [0, 0.1) is 5.41 Å². The molecule has 0 radical (unpaired) electrons. The van der Waals surface area contributed by atoms with Crippen LogP contribution in [0.5, 0.6) is 0 Å². The van der Waals surface area contributed by atoms with Gasteiger partial charge in [-0.25, -0.2) is 0 Å². The zero-order chi connectivity index (χ0) is 28.1. The molecule has 0 bridgehead atoms. The van der Waals surface area contributed by atoms with E-state index in [9.17, 15) is 14.4 Å². The Morgan fingerprint density at radius 3 is 1.65 bits per heavy atom. The van der Waals surface area contributed by atoms with Crippen LogP contribution in [0.15, 0.2) is 9.98 Å². The molecule has 0 saturated heterocycles. The van der Waals surface area contributed by atoms with E-state index in [0.29, 0.717) is 58.5 Å². The Balaban J connectivity index is 4.07. The van der Waals surface area contributed by atoms with Gasteiger partial charge in [-0.2, -0.15) is 0 Å².